The summed E-state index contributed by atoms with van der Waals surface area (Å²) in [4.78, 5) is 25.6. The molecular formula is C23H24O5. The van der Waals surface area contributed by atoms with Gasteiger partial charge >= 0.3 is 5.97 Å². The first-order chi connectivity index (χ1) is 13.6. The molecule has 0 amide bonds. The van der Waals surface area contributed by atoms with Gasteiger partial charge in [0, 0.05) is 12.0 Å². The first-order valence-electron chi connectivity index (χ1n) is 9.26. The van der Waals surface area contributed by atoms with Gasteiger partial charge in [-0.05, 0) is 48.3 Å². The van der Waals surface area contributed by atoms with E-state index in [-0.39, 0.29) is 18.3 Å². The Bertz CT molecular complexity index is 863. The Hall–Kier alpha value is -3.08. The molecule has 2 aromatic carbocycles. The third kappa shape index (κ3) is 4.09. The summed E-state index contributed by atoms with van der Waals surface area (Å²) >= 11 is 0. The second kappa shape index (κ2) is 8.74. The minimum Gasteiger partial charge on any atom is -0.497 e. The van der Waals surface area contributed by atoms with Gasteiger partial charge in [0.25, 0.3) is 0 Å². The molecular weight excluding hydrogens is 356 g/mol. The van der Waals surface area contributed by atoms with Crippen LogP contribution < -0.4 is 9.47 Å². The molecule has 2 aromatic rings. The molecule has 3 rings (SSSR count). The summed E-state index contributed by atoms with van der Waals surface area (Å²) in [7, 11) is 3.14. The van der Waals surface area contributed by atoms with Crippen LogP contribution in [0.4, 0.5) is 0 Å². The van der Waals surface area contributed by atoms with E-state index in [1.165, 1.54) is 0 Å². The maximum absolute atomic E-state index is 12.9. The van der Waals surface area contributed by atoms with Crippen LogP contribution in [0.3, 0.4) is 0 Å². The van der Waals surface area contributed by atoms with Crippen LogP contribution in [-0.2, 0) is 14.3 Å². The summed E-state index contributed by atoms with van der Waals surface area (Å²) in [5, 5.41) is 0. The topological polar surface area (TPSA) is 61.8 Å². The minimum atomic E-state index is -0.885. The summed E-state index contributed by atoms with van der Waals surface area (Å²) in [5.41, 5.74) is 2.68. The smallest absolute Gasteiger partial charge is 0.317 e. The van der Waals surface area contributed by atoms with Gasteiger partial charge in [0.15, 0.2) is 5.78 Å². The van der Waals surface area contributed by atoms with Crippen molar-refractivity contribution < 1.29 is 23.8 Å². The van der Waals surface area contributed by atoms with E-state index >= 15 is 0 Å². The normalized spacial score (nSPS) is 19.0. The van der Waals surface area contributed by atoms with Crippen LogP contribution >= 0.6 is 0 Å². The van der Waals surface area contributed by atoms with Gasteiger partial charge in [0.2, 0.25) is 0 Å². The van der Waals surface area contributed by atoms with Crippen molar-refractivity contribution in [1.82, 2.24) is 0 Å². The van der Waals surface area contributed by atoms with Crippen LogP contribution in [0.1, 0.15) is 30.4 Å². The molecule has 0 radical (unpaired) electrons. The Morgan fingerprint density at radius 2 is 1.68 bits per heavy atom. The summed E-state index contributed by atoms with van der Waals surface area (Å²) in [6.45, 7) is 1.96. The van der Waals surface area contributed by atoms with E-state index in [1.807, 2.05) is 42.5 Å². The molecule has 0 saturated heterocycles. The summed E-state index contributed by atoms with van der Waals surface area (Å²) in [6, 6.07) is 15.2. The molecule has 0 spiro atoms. The quantitative estimate of drug-likeness (QED) is 0.559. The number of carbonyl (C=O) groups is 2. The number of esters is 1. The monoisotopic (exact) mass is 380 g/mol. The zero-order chi connectivity index (χ0) is 20.1. The highest BCUT2D eigenvalue weighted by Crippen LogP contribution is 2.42. The Kier molecular flexibility index (Phi) is 6.14. The molecule has 1 aliphatic rings. The van der Waals surface area contributed by atoms with Gasteiger partial charge in [-0.1, -0.05) is 30.3 Å². The average Bonchev–Trinajstić information content (AvgIpc) is 2.73. The van der Waals surface area contributed by atoms with Gasteiger partial charge in [-0.3, -0.25) is 9.59 Å². The lowest BCUT2D eigenvalue weighted by molar-refractivity contribution is -0.151. The van der Waals surface area contributed by atoms with E-state index in [0.717, 1.165) is 16.7 Å². The van der Waals surface area contributed by atoms with Crippen LogP contribution in [-0.4, -0.2) is 32.6 Å². The molecule has 146 valence electrons. The van der Waals surface area contributed by atoms with Crippen molar-refractivity contribution in [3.63, 3.8) is 0 Å². The van der Waals surface area contributed by atoms with Crippen molar-refractivity contribution in [2.45, 2.75) is 19.3 Å². The van der Waals surface area contributed by atoms with Crippen molar-refractivity contribution in [2.75, 3.05) is 20.8 Å². The van der Waals surface area contributed by atoms with Crippen LogP contribution in [0.15, 0.2) is 54.6 Å². The van der Waals surface area contributed by atoms with Gasteiger partial charge < -0.3 is 14.2 Å². The summed E-state index contributed by atoms with van der Waals surface area (Å²) in [6.07, 6.45) is 2.11. The number of methoxy groups -OCH3 is 2. The lowest BCUT2D eigenvalue weighted by Gasteiger charge is -2.30. The number of hydrogen-bond donors (Lipinski definition) is 0. The third-order valence-corrected chi connectivity index (χ3v) is 4.95. The van der Waals surface area contributed by atoms with Crippen molar-refractivity contribution in [3.8, 4) is 11.5 Å². The van der Waals surface area contributed by atoms with Crippen LogP contribution in [0.25, 0.3) is 5.57 Å². The molecule has 2 atom stereocenters. The lowest BCUT2D eigenvalue weighted by Crippen LogP contribution is -2.34. The van der Waals surface area contributed by atoms with Gasteiger partial charge in [0.05, 0.1) is 20.8 Å². The molecule has 0 N–H and O–H groups in total. The minimum absolute atomic E-state index is 0.228. The van der Waals surface area contributed by atoms with Crippen molar-refractivity contribution in [2.24, 2.45) is 5.92 Å². The largest absolute Gasteiger partial charge is 0.497 e. The number of ketones is 1. The molecule has 28 heavy (non-hydrogen) atoms. The summed E-state index contributed by atoms with van der Waals surface area (Å²) < 4.78 is 16.0. The fraction of sp³-hybridized carbons (Fsp3) is 0.304. The van der Waals surface area contributed by atoms with Crippen LogP contribution in [0, 0.1) is 5.92 Å². The molecule has 0 fully saturated rings. The molecule has 0 saturated carbocycles. The molecule has 0 aromatic heterocycles. The Morgan fingerprint density at radius 3 is 2.25 bits per heavy atom. The zero-order valence-corrected chi connectivity index (χ0v) is 16.3. The van der Waals surface area contributed by atoms with Crippen molar-refractivity contribution in [1.29, 1.82) is 0 Å². The zero-order valence-electron chi connectivity index (χ0n) is 16.3. The Morgan fingerprint density at radius 1 is 1.04 bits per heavy atom. The maximum atomic E-state index is 12.9. The second-order valence-electron chi connectivity index (χ2n) is 6.62. The number of allylic oxidation sites excluding steroid dienone is 2. The van der Waals surface area contributed by atoms with Gasteiger partial charge in [-0.25, -0.2) is 0 Å². The number of carbonyl (C=O) groups excluding carboxylic acids is 2. The maximum Gasteiger partial charge on any atom is 0.317 e. The van der Waals surface area contributed by atoms with Crippen LogP contribution in [0.2, 0.25) is 0 Å². The van der Waals surface area contributed by atoms with Gasteiger partial charge in [-0.2, -0.15) is 0 Å². The fourth-order valence-electron chi connectivity index (χ4n) is 3.59. The number of ether oxygens (including phenoxy) is 3. The highest BCUT2D eigenvalue weighted by atomic mass is 16.5. The average molecular weight is 380 g/mol. The number of benzene rings is 2. The number of hydrogen-bond acceptors (Lipinski definition) is 5. The van der Waals surface area contributed by atoms with E-state index in [2.05, 4.69) is 0 Å². The summed E-state index contributed by atoms with van der Waals surface area (Å²) in [5.74, 6) is -0.765. The van der Waals surface area contributed by atoms with E-state index in [9.17, 15) is 9.59 Å². The number of rotatable bonds is 6. The first kappa shape index (κ1) is 19.7. The lowest BCUT2D eigenvalue weighted by atomic mass is 9.73. The fourth-order valence-corrected chi connectivity index (χ4v) is 3.59. The van der Waals surface area contributed by atoms with E-state index in [1.54, 1.807) is 33.3 Å². The Balaban J connectivity index is 2.08. The molecule has 1 aliphatic carbocycles. The molecule has 0 aliphatic heterocycles. The second-order valence-corrected chi connectivity index (χ2v) is 6.62. The Labute approximate surface area is 164 Å². The molecule has 0 bridgehead atoms. The van der Waals surface area contributed by atoms with E-state index in [0.29, 0.717) is 17.9 Å². The van der Waals surface area contributed by atoms with Gasteiger partial charge in [0.1, 0.15) is 17.4 Å². The predicted molar refractivity (Wildman–Crippen MR) is 106 cm³/mol. The third-order valence-electron chi connectivity index (χ3n) is 4.95. The predicted octanol–water partition coefficient (Wildman–Crippen LogP) is 4.02. The van der Waals surface area contributed by atoms with Gasteiger partial charge in [-0.15, -0.1) is 0 Å². The van der Waals surface area contributed by atoms with E-state index in [4.69, 9.17) is 14.2 Å². The first-order valence-corrected chi connectivity index (χ1v) is 9.26. The van der Waals surface area contributed by atoms with Crippen LogP contribution in [0.5, 0.6) is 11.5 Å². The molecule has 0 heterocycles. The molecule has 0 unspecified atom stereocenters. The molecule has 5 heteroatoms. The van der Waals surface area contributed by atoms with Crippen molar-refractivity contribution in [3.05, 3.63) is 65.7 Å². The highest BCUT2D eigenvalue weighted by Gasteiger charge is 2.40. The van der Waals surface area contributed by atoms with Crippen molar-refractivity contribution >= 4 is 17.3 Å². The highest BCUT2D eigenvalue weighted by molar-refractivity contribution is 6.10. The standard InChI is InChI=1S/C23H24O5/c1-4-28-23(25)22-20(17-10-18(26-2)14-19(11-17)27-3)12-16(13-21(22)24)15-8-6-5-7-9-15/h5-11,13-14,20,22H,4,12H2,1-3H3/t20-,22-/m0/s1. The SMILES string of the molecule is CCOC(=O)[C@@H]1C(=O)C=C(c2ccccc2)C[C@H]1c1cc(OC)cc(OC)c1. The molecule has 5 nitrogen and oxygen atoms in total. The van der Waals surface area contributed by atoms with E-state index < -0.39 is 11.9 Å².